The van der Waals surface area contributed by atoms with Gasteiger partial charge in [-0.1, -0.05) is 12.1 Å². The van der Waals surface area contributed by atoms with Crippen LogP contribution in [-0.2, 0) is 16.0 Å². The van der Waals surface area contributed by atoms with E-state index in [0.717, 1.165) is 10.0 Å². The molecule has 1 N–H and O–H groups in total. The van der Waals surface area contributed by atoms with Crippen LogP contribution in [0.2, 0.25) is 0 Å². The monoisotopic (exact) mass is 480 g/mol. The minimum absolute atomic E-state index is 0.00144. The summed E-state index contributed by atoms with van der Waals surface area (Å²) in [6, 6.07) is 10.3. The molecule has 1 aliphatic rings. The molecule has 136 valence electrons. The summed E-state index contributed by atoms with van der Waals surface area (Å²) in [5.74, 6) is 0.218. The number of Topliss-reactive ketones (excluding diaryl/α,β-unsaturated/α-hetero) is 1. The highest BCUT2D eigenvalue weighted by Crippen LogP contribution is 2.33. The Balaban J connectivity index is 1.73. The van der Waals surface area contributed by atoms with E-state index in [-0.39, 0.29) is 18.0 Å². The van der Waals surface area contributed by atoms with Crippen molar-refractivity contribution in [3.05, 3.63) is 56.5 Å². The average Bonchev–Trinajstić information content (AvgIpc) is 3.43. The van der Waals surface area contributed by atoms with Gasteiger partial charge in [-0.05, 0) is 86.0 Å². The Morgan fingerprint density at radius 1 is 1.19 bits per heavy atom. The molecular weight excluding hydrogens is 464 g/mol. The molecule has 1 aliphatic carbocycles. The van der Waals surface area contributed by atoms with Crippen LogP contribution in [0.25, 0.3) is 0 Å². The Bertz CT molecular complexity index is 831. The first-order chi connectivity index (χ1) is 12.5. The number of carbonyl (C=O) groups excluding carboxylic acids is 2. The van der Waals surface area contributed by atoms with Gasteiger partial charge in [0.25, 0.3) is 0 Å². The van der Waals surface area contributed by atoms with Gasteiger partial charge in [-0.2, -0.15) is 0 Å². The molecule has 2 aromatic carbocycles. The first-order valence-corrected chi connectivity index (χ1v) is 9.94. The van der Waals surface area contributed by atoms with E-state index in [1.165, 1.54) is 18.9 Å². The second kappa shape index (κ2) is 8.35. The Labute approximate surface area is 168 Å². The van der Waals surface area contributed by atoms with Gasteiger partial charge in [0, 0.05) is 6.42 Å². The maximum atomic E-state index is 12.6. The van der Waals surface area contributed by atoms with Crippen molar-refractivity contribution in [1.29, 1.82) is 0 Å². The lowest BCUT2D eigenvalue weighted by molar-refractivity contribution is -0.123. The van der Waals surface area contributed by atoms with Gasteiger partial charge >= 0.3 is 0 Å². The van der Waals surface area contributed by atoms with Crippen LogP contribution in [0.1, 0.15) is 29.9 Å². The van der Waals surface area contributed by atoms with Gasteiger partial charge in [0.15, 0.2) is 5.78 Å². The molecule has 6 heteroatoms. The van der Waals surface area contributed by atoms with E-state index in [2.05, 4.69) is 31.9 Å². The topological polar surface area (TPSA) is 63.6 Å². The van der Waals surface area contributed by atoms with Crippen molar-refractivity contribution in [2.45, 2.75) is 25.2 Å². The number of phenolic OH excluding ortho intramolecular Hbond substituents is 1. The highest BCUT2D eigenvalue weighted by molar-refractivity contribution is 9.10. The highest BCUT2D eigenvalue weighted by atomic mass is 79.9. The standard InChI is InChI=1S/C20H18Br2O4/c21-16-6-4-14(9-19(16)25)15(10-23)18(24)7-13-3-5-17(22)20(8-13)26-11-12-1-2-12/h3-6,8-10,12,15,25H,1-2,7,11H2. The van der Waals surface area contributed by atoms with Crippen molar-refractivity contribution in [3.8, 4) is 11.5 Å². The molecule has 0 bridgehead atoms. The number of aromatic hydroxyl groups is 1. The van der Waals surface area contributed by atoms with Crippen LogP contribution in [0.5, 0.6) is 11.5 Å². The van der Waals surface area contributed by atoms with Crippen LogP contribution in [0.15, 0.2) is 45.3 Å². The zero-order valence-corrected chi connectivity index (χ0v) is 17.1. The predicted molar refractivity (Wildman–Crippen MR) is 106 cm³/mol. The largest absolute Gasteiger partial charge is 0.507 e. The molecule has 1 saturated carbocycles. The van der Waals surface area contributed by atoms with Crippen molar-refractivity contribution in [2.24, 2.45) is 5.92 Å². The summed E-state index contributed by atoms with van der Waals surface area (Å²) >= 11 is 6.66. The zero-order valence-electron chi connectivity index (χ0n) is 14.0. The number of hydrogen-bond acceptors (Lipinski definition) is 4. The Hall–Kier alpha value is -1.66. The lowest BCUT2D eigenvalue weighted by atomic mass is 9.92. The smallest absolute Gasteiger partial charge is 0.151 e. The number of phenols is 1. The lowest BCUT2D eigenvalue weighted by Crippen LogP contribution is -2.16. The van der Waals surface area contributed by atoms with Gasteiger partial charge in [0.2, 0.25) is 0 Å². The predicted octanol–water partition coefficient (Wildman–Crippen LogP) is 4.80. The number of halogens is 2. The van der Waals surface area contributed by atoms with Gasteiger partial charge < -0.3 is 14.6 Å². The summed E-state index contributed by atoms with van der Waals surface area (Å²) in [4.78, 5) is 24.1. The molecule has 0 aliphatic heterocycles. The average molecular weight is 482 g/mol. The molecule has 0 saturated heterocycles. The van der Waals surface area contributed by atoms with E-state index < -0.39 is 5.92 Å². The maximum Gasteiger partial charge on any atom is 0.151 e. The molecule has 0 radical (unpaired) electrons. The van der Waals surface area contributed by atoms with Crippen molar-refractivity contribution in [3.63, 3.8) is 0 Å². The van der Waals surface area contributed by atoms with E-state index >= 15 is 0 Å². The van der Waals surface area contributed by atoms with Crippen LogP contribution in [-0.4, -0.2) is 23.8 Å². The van der Waals surface area contributed by atoms with Gasteiger partial charge in [-0.25, -0.2) is 0 Å². The summed E-state index contributed by atoms with van der Waals surface area (Å²) in [6.45, 7) is 0.686. The number of ether oxygens (including phenoxy) is 1. The van der Waals surface area contributed by atoms with Crippen molar-refractivity contribution >= 4 is 43.9 Å². The fourth-order valence-corrected chi connectivity index (χ4v) is 3.24. The van der Waals surface area contributed by atoms with E-state index in [0.29, 0.717) is 34.6 Å². The molecule has 26 heavy (non-hydrogen) atoms. The third-order valence-corrected chi connectivity index (χ3v) is 5.68. The normalized spacial score (nSPS) is 14.7. The summed E-state index contributed by atoms with van der Waals surface area (Å²) in [5.41, 5.74) is 1.27. The number of hydrogen-bond donors (Lipinski definition) is 1. The Kier molecular flexibility index (Phi) is 6.14. The zero-order chi connectivity index (χ0) is 18.7. The van der Waals surface area contributed by atoms with Gasteiger partial charge in [0.05, 0.1) is 21.5 Å². The van der Waals surface area contributed by atoms with Crippen molar-refractivity contribution < 1.29 is 19.4 Å². The first-order valence-electron chi connectivity index (χ1n) is 8.35. The summed E-state index contributed by atoms with van der Waals surface area (Å²) in [7, 11) is 0. The fourth-order valence-electron chi connectivity index (χ4n) is 2.64. The van der Waals surface area contributed by atoms with Crippen molar-refractivity contribution in [2.75, 3.05) is 6.61 Å². The lowest BCUT2D eigenvalue weighted by Gasteiger charge is -2.13. The maximum absolute atomic E-state index is 12.6. The van der Waals surface area contributed by atoms with Crippen LogP contribution >= 0.6 is 31.9 Å². The van der Waals surface area contributed by atoms with Gasteiger partial charge in [-0.15, -0.1) is 0 Å². The molecule has 1 fully saturated rings. The number of aldehydes is 1. The molecule has 1 unspecified atom stereocenters. The van der Waals surface area contributed by atoms with Crippen LogP contribution in [0.4, 0.5) is 0 Å². The van der Waals surface area contributed by atoms with Crippen LogP contribution in [0, 0.1) is 5.92 Å². The molecular formula is C20H18Br2O4. The second-order valence-corrected chi connectivity index (χ2v) is 8.20. The molecule has 4 nitrogen and oxygen atoms in total. The summed E-state index contributed by atoms with van der Waals surface area (Å²) in [6.07, 6.45) is 3.15. The first kappa shape index (κ1) is 19.1. The third-order valence-electron chi connectivity index (χ3n) is 4.36. The fraction of sp³-hybridized carbons (Fsp3) is 0.300. The molecule has 0 amide bonds. The summed E-state index contributed by atoms with van der Waals surface area (Å²) in [5, 5.41) is 9.80. The van der Waals surface area contributed by atoms with E-state index in [4.69, 9.17) is 4.74 Å². The highest BCUT2D eigenvalue weighted by Gasteiger charge is 2.23. The van der Waals surface area contributed by atoms with Crippen LogP contribution < -0.4 is 4.74 Å². The van der Waals surface area contributed by atoms with E-state index in [1.54, 1.807) is 12.1 Å². The Morgan fingerprint density at radius 3 is 2.58 bits per heavy atom. The molecule has 3 rings (SSSR count). The van der Waals surface area contributed by atoms with Crippen molar-refractivity contribution in [1.82, 2.24) is 0 Å². The molecule has 0 aromatic heterocycles. The van der Waals surface area contributed by atoms with Crippen LogP contribution in [0.3, 0.4) is 0 Å². The molecule has 2 aromatic rings. The molecule has 1 atom stereocenters. The van der Waals surface area contributed by atoms with Gasteiger partial charge in [-0.3, -0.25) is 4.79 Å². The SMILES string of the molecule is O=CC(C(=O)Cc1ccc(Br)c(OCC2CC2)c1)c1ccc(Br)c(O)c1. The number of carbonyl (C=O) groups is 2. The van der Waals surface area contributed by atoms with E-state index in [9.17, 15) is 14.7 Å². The minimum atomic E-state index is -0.909. The molecule has 0 spiro atoms. The quantitative estimate of drug-likeness (QED) is 0.434. The summed E-state index contributed by atoms with van der Waals surface area (Å²) < 4.78 is 7.18. The Morgan fingerprint density at radius 2 is 1.92 bits per heavy atom. The number of rotatable bonds is 8. The minimum Gasteiger partial charge on any atom is -0.507 e. The van der Waals surface area contributed by atoms with E-state index in [1.807, 2.05) is 18.2 Å². The third kappa shape index (κ3) is 4.74. The number of ketones is 1. The molecule has 0 heterocycles. The van der Waals surface area contributed by atoms with Gasteiger partial charge in [0.1, 0.15) is 17.8 Å². The number of benzene rings is 2. The second-order valence-electron chi connectivity index (χ2n) is 6.49.